The number of piperidine rings is 1. The molecule has 2 aromatic heterocycles. The molecule has 3 aromatic rings. The number of carbonyl (C=O) groups is 2. The van der Waals surface area contributed by atoms with Crippen LogP contribution in [-0.4, -0.2) is 81.5 Å². The second kappa shape index (κ2) is 11.7. The summed E-state index contributed by atoms with van der Waals surface area (Å²) in [5, 5.41) is 3.47. The molecule has 1 saturated carbocycles. The quantitative estimate of drug-likeness (QED) is 0.436. The fourth-order valence-electron chi connectivity index (χ4n) is 6.14. The molecule has 2 aliphatic heterocycles. The normalized spacial score (nSPS) is 21.8. The second-order valence-corrected chi connectivity index (χ2v) is 11.2. The summed E-state index contributed by atoms with van der Waals surface area (Å²) in [6.45, 7) is 5.17. The molecule has 12 heteroatoms. The molecule has 4 heterocycles. The number of benzene rings is 1. The van der Waals surface area contributed by atoms with Crippen LogP contribution in [0.4, 0.5) is 20.5 Å². The first-order valence-electron chi connectivity index (χ1n) is 14.4. The number of likely N-dealkylation sites (tertiary alicyclic amines) is 1. The number of hydrogen-bond donors (Lipinski definition) is 1. The third-order valence-electron chi connectivity index (χ3n) is 8.48. The number of anilines is 2. The van der Waals surface area contributed by atoms with Gasteiger partial charge in [0.05, 0.1) is 24.2 Å². The average molecular weight is 568 g/mol. The van der Waals surface area contributed by atoms with Gasteiger partial charge in [-0.05, 0) is 43.7 Å². The number of hydrogen-bond acceptors (Lipinski definition) is 8. The van der Waals surface area contributed by atoms with Gasteiger partial charge in [-0.1, -0.05) is 12.1 Å². The van der Waals surface area contributed by atoms with Crippen LogP contribution in [0.1, 0.15) is 51.3 Å². The number of halogens is 2. The zero-order valence-electron chi connectivity index (χ0n) is 23.1. The summed E-state index contributed by atoms with van der Waals surface area (Å²) in [5.41, 5.74) is 1.03. The van der Waals surface area contributed by atoms with Crippen molar-refractivity contribution in [1.29, 1.82) is 0 Å². The maximum Gasteiger partial charge on any atom is 0.296 e. The first-order valence-corrected chi connectivity index (χ1v) is 14.4. The zero-order chi connectivity index (χ0) is 28.5. The number of rotatable bonds is 8. The lowest BCUT2D eigenvalue weighted by atomic mass is 9.75. The van der Waals surface area contributed by atoms with E-state index < -0.39 is 6.43 Å². The highest BCUT2D eigenvalue weighted by molar-refractivity contribution is 5.82. The lowest BCUT2D eigenvalue weighted by Gasteiger charge is -2.37. The summed E-state index contributed by atoms with van der Waals surface area (Å²) >= 11 is 0. The highest BCUT2D eigenvalue weighted by atomic mass is 19.3. The van der Waals surface area contributed by atoms with Gasteiger partial charge in [0, 0.05) is 57.5 Å². The topological polar surface area (TPSA) is 105 Å². The number of ketones is 1. The second-order valence-electron chi connectivity index (χ2n) is 11.2. The highest BCUT2D eigenvalue weighted by Gasteiger charge is 2.34. The lowest BCUT2D eigenvalue weighted by molar-refractivity contribution is -0.133. The van der Waals surface area contributed by atoms with Crippen LogP contribution in [0.5, 0.6) is 0 Å². The molecule has 6 rings (SSSR count). The smallest absolute Gasteiger partial charge is 0.296 e. The van der Waals surface area contributed by atoms with Crippen molar-refractivity contribution in [3.63, 3.8) is 0 Å². The largest absolute Gasteiger partial charge is 0.378 e. The third kappa shape index (κ3) is 5.88. The van der Waals surface area contributed by atoms with Crippen LogP contribution in [0.3, 0.4) is 0 Å². The number of aromatic nitrogens is 4. The van der Waals surface area contributed by atoms with Crippen LogP contribution >= 0.6 is 0 Å². The average Bonchev–Trinajstić information content (AvgIpc) is 3.36. The van der Waals surface area contributed by atoms with Crippen molar-refractivity contribution < 1.29 is 23.1 Å². The summed E-state index contributed by atoms with van der Waals surface area (Å²) < 4.78 is 35.1. The number of morpholine rings is 1. The van der Waals surface area contributed by atoms with Crippen molar-refractivity contribution >= 4 is 34.5 Å². The van der Waals surface area contributed by atoms with Gasteiger partial charge < -0.3 is 19.9 Å². The Morgan fingerprint density at radius 3 is 2.49 bits per heavy atom. The van der Waals surface area contributed by atoms with Crippen LogP contribution in [-0.2, 0) is 14.3 Å². The minimum absolute atomic E-state index is 0.0344. The van der Waals surface area contributed by atoms with E-state index in [0.717, 1.165) is 25.7 Å². The van der Waals surface area contributed by atoms with Gasteiger partial charge in [0.2, 0.25) is 11.9 Å². The van der Waals surface area contributed by atoms with Crippen LogP contribution in [0, 0.1) is 11.8 Å². The van der Waals surface area contributed by atoms with Crippen molar-refractivity contribution in [2.45, 2.75) is 51.5 Å². The van der Waals surface area contributed by atoms with E-state index >= 15 is 0 Å². The minimum atomic E-state index is -2.78. The van der Waals surface area contributed by atoms with Gasteiger partial charge in [-0.15, -0.1) is 0 Å². The molecule has 41 heavy (non-hydrogen) atoms. The van der Waals surface area contributed by atoms with E-state index in [9.17, 15) is 18.4 Å². The van der Waals surface area contributed by atoms with Gasteiger partial charge in [-0.2, -0.15) is 9.97 Å². The van der Waals surface area contributed by atoms with E-state index in [1.54, 1.807) is 37.3 Å². The number of amides is 1. The van der Waals surface area contributed by atoms with E-state index in [0.29, 0.717) is 86.1 Å². The molecule has 1 aromatic carbocycles. The Labute approximate surface area is 237 Å². The molecule has 0 unspecified atom stereocenters. The highest BCUT2D eigenvalue weighted by Crippen LogP contribution is 2.36. The molecule has 10 nitrogen and oxygen atoms in total. The number of nitrogens with zero attached hydrogens (tertiary/aromatic N) is 6. The minimum Gasteiger partial charge on any atom is -0.378 e. The lowest BCUT2D eigenvalue weighted by Crippen LogP contribution is -2.41. The number of para-hydroxylation sites is 2. The maximum absolute atomic E-state index is 14.1. The number of ether oxygens (including phenoxy) is 1. The molecule has 0 bridgehead atoms. The molecular formula is C29H35F2N7O3. The van der Waals surface area contributed by atoms with Crippen LogP contribution in [0.15, 0.2) is 30.3 Å². The van der Waals surface area contributed by atoms with E-state index in [4.69, 9.17) is 14.7 Å². The molecule has 0 atom stereocenters. The predicted octanol–water partition coefficient (Wildman–Crippen LogP) is 4.00. The molecule has 218 valence electrons. The molecule has 1 amide bonds. The SMILES string of the molecule is CC(=O)N1CCC(C(=O)CC2CC(Nc3cc(-n4c(C(F)F)nc5ccccc54)nc(N4CCOCC4)n3)C2)CC1. The number of fused-ring (bicyclic) bond motifs is 1. The van der Waals surface area contributed by atoms with E-state index in [-0.39, 0.29) is 23.7 Å². The molecule has 1 aliphatic carbocycles. The van der Waals surface area contributed by atoms with Gasteiger partial charge >= 0.3 is 0 Å². The zero-order valence-corrected chi connectivity index (χ0v) is 23.1. The fraction of sp³-hybridized carbons (Fsp3) is 0.552. The first-order chi connectivity index (χ1) is 19.9. The first kappa shape index (κ1) is 27.5. The summed E-state index contributed by atoms with van der Waals surface area (Å²) in [5.74, 6) is 1.68. The Hall–Kier alpha value is -3.67. The molecule has 1 N–H and O–H groups in total. The number of carbonyl (C=O) groups excluding carboxylic acids is 2. The Morgan fingerprint density at radius 1 is 1.05 bits per heavy atom. The molecule has 3 fully saturated rings. The van der Waals surface area contributed by atoms with Gasteiger partial charge in [-0.25, -0.2) is 13.8 Å². The Balaban J connectivity index is 1.18. The predicted molar refractivity (Wildman–Crippen MR) is 149 cm³/mol. The van der Waals surface area contributed by atoms with E-state index in [1.165, 1.54) is 4.57 Å². The Kier molecular flexibility index (Phi) is 7.83. The number of alkyl halides is 2. The van der Waals surface area contributed by atoms with Crippen molar-refractivity contribution in [2.24, 2.45) is 11.8 Å². The van der Waals surface area contributed by atoms with Gasteiger partial charge in [-0.3, -0.25) is 14.2 Å². The van der Waals surface area contributed by atoms with Crippen LogP contribution in [0.25, 0.3) is 16.9 Å². The Morgan fingerprint density at radius 2 is 1.78 bits per heavy atom. The standard InChI is InChI=1S/C29H35F2N7O3/c1-18(39)36-8-6-20(7-9-36)24(40)16-19-14-21(15-19)32-25-17-26(35-29(34-25)37-10-12-41-13-11-37)38-23-5-3-2-4-22(23)33-28(38)27(30)31/h2-5,17,19-21,27H,6-16H2,1H3,(H,32,34,35). The van der Waals surface area contributed by atoms with Crippen molar-refractivity contribution in [2.75, 3.05) is 49.6 Å². The number of nitrogens with one attached hydrogen (secondary N) is 1. The Bertz CT molecular complexity index is 1410. The molecule has 0 spiro atoms. The van der Waals surface area contributed by atoms with Crippen molar-refractivity contribution in [1.82, 2.24) is 24.4 Å². The molecule has 3 aliphatic rings. The molecular weight excluding hydrogens is 532 g/mol. The summed E-state index contributed by atoms with van der Waals surface area (Å²) in [6.07, 6.45) is 0.922. The summed E-state index contributed by atoms with van der Waals surface area (Å²) in [4.78, 5) is 41.9. The van der Waals surface area contributed by atoms with Crippen LogP contribution < -0.4 is 10.2 Å². The number of imidazole rings is 1. The van der Waals surface area contributed by atoms with E-state index in [2.05, 4.69) is 10.3 Å². The van der Waals surface area contributed by atoms with Crippen molar-refractivity contribution in [3.05, 3.63) is 36.2 Å². The number of Topliss-reactive ketones (excluding diaryl/α,β-unsaturated/α-hetero) is 1. The monoisotopic (exact) mass is 567 g/mol. The van der Waals surface area contributed by atoms with Gasteiger partial charge in [0.15, 0.2) is 5.82 Å². The maximum atomic E-state index is 14.1. The summed E-state index contributed by atoms with van der Waals surface area (Å²) in [7, 11) is 0. The molecule has 0 radical (unpaired) electrons. The van der Waals surface area contributed by atoms with Gasteiger partial charge in [0.25, 0.3) is 6.43 Å². The van der Waals surface area contributed by atoms with Gasteiger partial charge in [0.1, 0.15) is 17.4 Å². The van der Waals surface area contributed by atoms with Crippen LogP contribution in [0.2, 0.25) is 0 Å². The fourth-order valence-corrected chi connectivity index (χ4v) is 6.14. The van der Waals surface area contributed by atoms with Crippen molar-refractivity contribution in [3.8, 4) is 5.82 Å². The third-order valence-corrected chi connectivity index (χ3v) is 8.48. The van der Waals surface area contributed by atoms with E-state index in [1.807, 2.05) is 9.80 Å². The summed E-state index contributed by atoms with van der Waals surface area (Å²) in [6, 6.07) is 8.86. The molecule has 2 saturated heterocycles.